The summed E-state index contributed by atoms with van der Waals surface area (Å²) in [6.07, 6.45) is 1.76. The average molecular weight is 452 g/mol. The van der Waals surface area contributed by atoms with Gasteiger partial charge in [0.1, 0.15) is 11.6 Å². The van der Waals surface area contributed by atoms with Gasteiger partial charge < -0.3 is 24.4 Å². The van der Waals surface area contributed by atoms with E-state index in [-0.39, 0.29) is 28.4 Å². The van der Waals surface area contributed by atoms with E-state index in [1.807, 2.05) is 11.8 Å². The average Bonchev–Trinajstić information content (AvgIpc) is 3.54. The van der Waals surface area contributed by atoms with Gasteiger partial charge >= 0.3 is 0 Å². The summed E-state index contributed by atoms with van der Waals surface area (Å²) in [5.41, 5.74) is 7.67. The molecule has 1 aliphatic carbocycles. The maximum absolute atomic E-state index is 14.7. The van der Waals surface area contributed by atoms with Crippen LogP contribution >= 0.6 is 0 Å². The molecule has 0 bridgehead atoms. The molecule has 0 radical (unpaired) electrons. The largest absolute Gasteiger partial charge is 0.422 e. The lowest BCUT2D eigenvalue weighted by atomic mass is 9.96. The Hall–Kier alpha value is -3.46. The first-order chi connectivity index (χ1) is 15.9. The minimum absolute atomic E-state index is 0.0508. The van der Waals surface area contributed by atoms with Crippen molar-refractivity contribution in [3.8, 4) is 11.1 Å². The van der Waals surface area contributed by atoms with Crippen LogP contribution < -0.4 is 16.2 Å². The van der Waals surface area contributed by atoms with Crippen LogP contribution in [0.25, 0.3) is 33.1 Å². The van der Waals surface area contributed by atoms with Gasteiger partial charge in [0.25, 0.3) is 11.6 Å². The molecule has 7 nitrogen and oxygen atoms in total. The molecular formula is C24H22F2N4O3. The molecule has 170 valence electrons. The quantitative estimate of drug-likeness (QED) is 0.470. The van der Waals surface area contributed by atoms with Crippen molar-refractivity contribution in [1.82, 2.24) is 9.55 Å². The lowest BCUT2D eigenvalue weighted by Gasteiger charge is -2.24. The van der Waals surface area contributed by atoms with Crippen LogP contribution in [0.15, 0.2) is 33.5 Å². The molecule has 1 aliphatic heterocycles. The van der Waals surface area contributed by atoms with E-state index >= 15 is 0 Å². The van der Waals surface area contributed by atoms with Crippen LogP contribution in [0, 0.1) is 18.6 Å². The van der Waals surface area contributed by atoms with Crippen LogP contribution in [-0.4, -0.2) is 35.9 Å². The van der Waals surface area contributed by atoms with Gasteiger partial charge in [0, 0.05) is 36.1 Å². The molecule has 2 aromatic heterocycles. The number of nitrogen functional groups attached to an aromatic ring is 1. The summed E-state index contributed by atoms with van der Waals surface area (Å²) in [7, 11) is 0. The van der Waals surface area contributed by atoms with E-state index in [0.717, 1.165) is 30.4 Å². The molecule has 0 spiro atoms. The van der Waals surface area contributed by atoms with Gasteiger partial charge in [-0.25, -0.2) is 8.78 Å². The van der Waals surface area contributed by atoms with Gasteiger partial charge in [0.05, 0.1) is 24.4 Å². The number of fused-ring (bicyclic) bond motifs is 3. The Bertz CT molecular complexity index is 1480. The number of aromatic nitrogens is 2. The van der Waals surface area contributed by atoms with Gasteiger partial charge in [-0.1, -0.05) is 6.07 Å². The monoisotopic (exact) mass is 452 g/mol. The molecule has 1 saturated heterocycles. The highest BCUT2D eigenvalue weighted by Crippen LogP contribution is 2.41. The summed E-state index contributed by atoms with van der Waals surface area (Å²) in [5, 5.41) is 0.723. The Morgan fingerprint density at radius 1 is 1.09 bits per heavy atom. The third kappa shape index (κ3) is 3.10. The Balaban J connectivity index is 1.64. The molecular weight excluding hydrogens is 430 g/mol. The van der Waals surface area contributed by atoms with Crippen LogP contribution in [0.5, 0.6) is 0 Å². The fourth-order valence-corrected chi connectivity index (χ4v) is 4.68. The molecule has 3 heterocycles. The van der Waals surface area contributed by atoms with Crippen molar-refractivity contribution < 1.29 is 17.9 Å². The lowest BCUT2D eigenvalue weighted by Crippen LogP contribution is -2.36. The smallest absolute Gasteiger partial charge is 0.298 e. The summed E-state index contributed by atoms with van der Waals surface area (Å²) < 4.78 is 42.2. The molecule has 0 unspecified atom stereocenters. The fraction of sp³-hybridized carbons (Fsp3) is 0.333. The van der Waals surface area contributed by atoms with Crippen LogP contribution in [0.2, 0.25) is 0 Å². The normalized spacial score (nSPS) is 16.8. The van der Waals surface area contributed by atoms with E-state index in [4.69, 9.17) is 14.9 Å². The number of hydrogen-bond donors (Lipinski definition) is 1. The van der Waals surface area contributed by atoms with Crippen molar-refractivity contribution in [2.75, 3.05) is 36.9 Å². The molecule has 4 aromatic rings. The van der Waals surface area contributed by atoms with Gasteiger partial charge in [-0.05, 0) is 43.0 Å². The molecule has 0 atom stereocenters. The zero-order valence-corrected chi connectivity index (χ0v) is 18.0. The number of aryl methyl sites for hydroxylation is 1. The first-order valence-corrected chi connectivity index (χ1v) is 11.0. The number of benzene rings is 2. The van der Waals surface area contributed by atoms with Crippen LogP contribution in [-0.2, 0) is 4.74 Å². The maximum Gasteiger partial charge on any atom is 0.298 e. The third-order valence-corrected chi connectivity index (χ3v) is 6.52. The molecule has 2 N–H and O–H groups in total. The molecule has 2 aromatic carbocycles. The van der Waals surface area contributed by atoms with Gasteiger partial charge in [-0.3, -0.25) is 4.79 Å². The number of halogens is 2. The van der Waals surface area contributed by atoms with Crippen molar-refractivity contribution in [3.05, 3.63) is 51.8 Å². The Kier molecular flexibility index (Phi) is 4.45. The summed E-state index contributed by atoms with van der Waals surface area (Å²) in [6.45, 7) is 4.21. The Labute approximate surface area is 187 Å². The van der Waals surface area contributed by atoms with Crippen molar-refractivity contribution >= 4 is 33.7 Å². The number of pyridine rings is 1. The number of ether oxygens (including phenoxy) is 1. The summed E-state index contributed by atoms with van der Waals surface area (Å²) in [4.78, 5) is 20.0. The van der Waals surface area contributed by atoms with Crippen LogP contribution in [0.4, 0.5) is 20.5 Å². The lowest BCUT2D eigenvalue weighted by molar-refractivity contribution is 0.120. The molecule has 2 aliphatic rings. The molecule has 9 heteroatoms. The van der Waals surface area contributed by atoms with E-state index in [2.05, 4.69) is 4.98 Å². The number of oxazole rings is 1. The van der Waals surface area contributed by atoms with E-state index in [1.54, 1.807) is 16.7 Å². The fourth-order valence-electron chi connectivity index (χ4n) is 4.68. The highest BCUT2D eigenvalue weighted by molar-refractivity contribution is 6.04. The number of rotatable bonds is 3. The number of nitrogens with zero attached hydrogens (tertiary/aromatic N) is 3. The second-order valence-corrected chi connectivity index (χ2v) is 8.67. The zero-order chi connectivity index (χ0) is 22.9. The minimum atomic E-state index is -0.689. The van der Waals surface area contributed by atoms with E-state index in [1.165, 1.54) is 0 Å². The molecule has 1 saturated carbocycles. The van der Waals surface area contributed by atoms with Crippen molar-refractivity contribution in [3.63, 3.8) is 0 Å². The summed E-state index contributed by atoms with van der Waals surface area (Å²) in [6, 6.07) is 6.05. The molecule has 33 heavy (non-hydrogen) atoms. The first kappa shape index (κ1) is 20.2. The zero-order valence-electron chi connectivity index (χ0n) is 18.0. The van der Waals surface area contributed by atoms with Crippen molar-refractivity contribution in [1.29, 1.82) is 0 Å². The summed E-state index contributed by atoms with van der Waals surface area (Å²) in [5.74, 6) is -1.31. The Morgan fingerprint density at radius 3 is 2.58 bits per heavy atom. The number of hydrogen-bond acceptors (Lipinski definition) is 6. The standard InChI is InChI=1S/C24H22F2N4O3/c1-12-14(16-10-18(26)19(27)11-17(16)25)4-5-15-21(12)30(13-2-3-13)23(31)20-22(15)33-24(28-20)29-6-8-32-9-7-29/h4-5,10-11,13H,2-3,6-9,27H2,1H3. The van der Waals surface area contributed by atoms with E-state index < -0.39 is 11.6 Å². The number of anilines is 2. The second-order valence-electron chi connectivity index (χ2n) is 8.67. The van der Waals surface area contributed by atoms with Crippen LogP contribution in [0.1, 0.15) is 24.4 Å². The van der Waals surface area contributed by atoms with Gasteiger partial charge in [-0.15, -0.1) is 0 Å². The van der Waals surface area contributed by atoms with Gasteiger partial charge in [-0.2, -0.15) is 4.98 Å². The topological polar surface area (TPSA) is 86.5 Å². The highest BCUT2D eigenvalue weighted by atomic mass is 19.1. The molecule has 6 rings (SSSR count). The van der Waals surface area contributed by atoms with Gasteiger partial charge in [0.2, 0.25) is 0 Å². The highest BCUT2D eigenvalue weighted by Gasteiger charge is 2.31. The predicted octanol–water partition coefficient (Wildman–Crippen LogP) is 4.15. The molecule has 0 amide bonds. The maximum atomic E-state index is 14.7. The van der Waals surface area contributed by atoms with Gasteiger partial charge in [0.15, 0.2) is 11.1 Å². The van der Waals surface area contributed by atoms with Crippen molar-refractivity contribution in [2.45, 2.75) is 25.8 Å². The SMILES string of the molecule is Cc1c(-c2cc(F)c(N)cc2F)ccc2c3oc(N4CCOCC4)nc3c(=O)n(C3CC3)c12. The molecule has 2 fully saturated rings. The summed E-state index contributed by atoms with van der Waals surface area (Å²) >= 11 is 0. The predicted molar refractivity (Wildman–Crippen MR) is 122 cm³/mol. The van der Waals surface area contributed by atoms with Crippen molar-refractivity contribution in [2.24, 2.45) is 0 Å². The van der Waals surface area contributed by atoms with E-state index in [0.29, 0.717) is 54.5 Å². The Morgan fingerprint density at radius 2 is 1.85 bits per heavy atom. The first-order valence-electron chi connectivity index (χ1n) is 11.0. The third-order valence-electron chi connectivity index (χ3n) is 6.52. The number of morpholine rings is 1. The number of nitrogens with two attached hydrogens (primary N) is 1. The van der Waals surface area contributed by atoms with Crippen LogP contribution in [0.3, 0.4) is 0 Å². The van der Waals surface area contributed by atoms with E-state index in [9.17, 15) is 13.6 Å². The minimum Gasteiger partial charge on any atom is -0.422 e. The second kappa shape index (κ2) is 7.28.